The van der Waals surface area contributed by atoms with E-state index in [1.54, 1.807) is 12.3 Å². The van der Waals surface area contributed by atoms with Crippen LogP contribution >= 0.6 is 0 Å². The van der Waals surface area contributed by atoms with Gasteiger partial charge in [0.05, 0.1) is 5.69 Å². The highest BCUT2D eigenvalue weighted by atomic mass is 15.0. The van der Waals surface area contributed by atoms with Crippen LogP contribution in [0, 0.1) is 0 Å². The summed E-state index contributed by atoms with van der Waals surface area (Å²) in [5.74, 6) is 0.281. The number of aromatic nitrogens is 2. The van der Waals surface area contributed by atoms with Gasteiger partial charge in [0.2, 0.25) is 5.95 Å². The summed E-state index contributed by atoms with van der Waals surface area (Å²) < 4.78 is 0. The van der Waals surface area contributed by atoms with Gasteiger partial charge in [-0.15, -0.1) is 0 Å². The molecule has 0 atom stereocenters. The van der Waals surface area contributed by atoms with Crippen LogP contribution in [0.1, 0.15) is 87.8 Å². The van der Waals surface area contributed by atoms with Crippen LogP contribution in [0.25, 0.3) is 5.57 Å². The highest BCUT2D eigenvalue weighted by Gasteiger charge is 2.04. The monoisotopic (exact) mass is 430 g/mol. The Morgan fingerprint density at radius 3 is 1.90 bits per heavy atom. The Balaban J connectivity index is -0.000000219. The molecule has 0 radical (unpaired) electrons. The third kappa shape index (κ3) is 23.5. The van der Waals surface area contributed by atoms with Gasteiger partial charge in [-0.1, -0.05) is 104 Å². The molecule has 0 aromatic carbocycles. The number of anilines is 1. The van der Waals surface area contributed by atoms with E-state index in [0.29, 0.717) is 0 Å². The molecule has 178 valence electrons. The maximum absolute atomic E-state index is 5.57. The van der Waals surface area contributed by atoms with Gasteiger partial charge in [-0.25, -0.2) is 9.97 Å². The largest absolute Gasteiger partial charge is 0.388 e. The Bertz CT molecular complexity index is 597. The van der Waals surface area contributed by atoms with E-state index in [4.69, 9.17) is 5.73 Å². The fraction of sp³-hybridized carbons (Fsp3) is 0.481. The molecule has 4 heteroatoms. The first kappa shape index (κ1) is 35.8. The molecule has 4 nitrogen and oxygen atoms in total. The Labute approximate surface area is 194 Å². The molecule has 0 aliphatic carbocycles. The smallest absolute Gasteiger partial charge is 0.220 e. The van der Waals surface area contributed by atoms with E-state index in [1.165, 1.54) is 6.42 Å². The molecule has 0 aliphatic rings. The molecule has 0 spiro atoms. The molecule has 0 amide bonds. The van der Waals surface area contributed by atoms with E-state index in [0.717, 1.165) is 29.9 Å². The summed E-state index contributed by atoms with van der Waals surface area (Å²) in [4.78, 5) is 8.07. The lowest BCUT2D eigenvalue weighted by molar-refractivity contribution is 0.712. The number of hydrogen-bond donors (Lipinski definition) is 2. The number of allylic oxidation sites excluding steroid dienone is 9. The lowest BCUT2D eigenvalue weighted by Crippen LogP contribution is -2.14. The van der Waals surface area contributed by atoms with E-state index < -0.39 is 0 Å². The second kappa shape index (κ2) is 32.1. The molecule has 0 saturated carbocycles. The molecule has 1 aromatic rings. The van der Waals surface area contributed by atoms with E-state index in [1.807, 2.05) is 105 Å². The van der Waals surface area contributed by atoms with Crippen molar-refractivity contribution in [2.24, 2.45) is 0 Å². The van der Waals surface area contributed by atoms with E-state index in [9.17, 15) is 0 Å². The van der Waals surface area contributed by atoms with Crippen molar-refractivity contribution in [1.29, 1.82) is 0 Å². The maximum atomic E-state index is 5.57. The summed E-state index contributed by atoms with van der Waals surface area (Å²) in [5, 5.41) is 3.36. The summed E-state index contributed by atoms with van der Waals surface area (Å²) in [5.41, 5.74) is 8.40. The van der Waals surface area contributed by atoms with Gasteiger partial charge in [0.1, 0.15) is 0 Å². The highest BCUT2D eigenvalue weighted by molar-refractivity contribution is 5.73. The molecular weight excluding hydrogens is 380 g/mol. The highest BCUT2D eigenvalue weighted by Crippen LogP contribution is 2.16. The molecule has 0 fully saturated rings. The first-order chi connectivity index (χ1) is 15.1. The third-order valence-electron chi connectivity index (χ3n) is 3.20. The normalized spacial score (nSPS) is 10.4. The summed E-state index contributed by atoms with van der Waals surface area (Å²) in [7, 11) is 0. The van der Waals surface area contributed by atoms with E-state index in [-0.39, 0.29) is 5.95 Å². The minimum Gasteiger partial charge on any atom is -0.388 e. The molecular formula is C27H50N4. The first-order valence-electron chi connectivity index (χ1n) is 11.7. The number of nitrogens with two attached hydrogens (primary N) is 1. The van der Waals surface area contributed by atoms with Crippen molar-refractivity contribution >= 4 is 11.5 Å². The zero-order valence-corrected chi connectivity index (χ0v) is 22.0. The van der Waals surface area contributed by atoms with Crippen LogP contribution in [0.2, 0.25) is 0 Å². The number of hydrogen-bond acceptors (Lipinski definition) is 4. The molecule has 0 bridgehead atoms. The van der Waals surface area contributed by atoms with Gasteiger partial charge in [0.25, 0.3) is 0 Å². The second-order valence-electron chi connectivity index (χ2n) is 5.26. The lowest BCUT2D eigenvalue weighted by atomic mass is 10.1. The fourth-order valence-electron chi connectivity index (χ4n) is 1.87. The topological polar surface area (TPSA) is 63.8 Å². The van der Waals surface area contributed by atoms with Crippen LogP contribution < -0.4 is 11.1 Å². The summed E-state index contributed by atoms with van der Waals surface area (Å²) >= 11 is 0. The quantitative estimate of drug-likeness (QED) is 0.322. The standard InChI is InChI=1S/C13H20N4.C8H12.3C2H6/c1-4-6-8-15-10(3)11(5-2)12-7-9-16-13(14)17-12;1-3-5-7-8-6-4-2;3*1-2/h5,7,9,15H,2,4,6,8H2,1,3H3,(H2,14,16,17);3-8H,1-2H3;3*1-2H3/b11-10-;5-3-,6-4+,8-7-;;;. The van der Waals surface area contributed by atoms with E-state index in [2.05, 4.69) is 28.8 Å². The SMILES string of the molecule is C=C/C(=C(\C)NCCCC)c1ccnc(N)n1.CC.CC.CC.C\C=C/C=C\C=C\C. The van der Waals surface area contributed by atoms with Crippen LogP contribution in [-0.2, 0) is 0 Å². The molecule has 0 saturated heterocycles. The van der Waals surface area contributed by atoms with Gasteiger partial charge >= 0.3 is 0 Å². The average Bonchev–Trinajstić information content (AvgIpc) is 2.82. The molecule has 1 rings (SSSR count). The Hall–Kier alpha value is -2.62. The van der Waals surface area contributed by atoms with Gasteiger partial charge in [-0.2, -0.15) is 0 Å². The summed E-state index contributed by atoms with van der Waals surface area (Å²) in [6.45, 7) is 25.0. The minimum absolute atomic E-state index is 0.281. The molecule has 1 aromatic heterocycles. The van der Waals surface area contributed by atoms with Crippen LogP contribution in [0.3, 0.4) is 0 Å². The van der Waals surface area contributed by atoms with Crippen LogP contribution in [0.15, 0.2) is 67.1 Å². The van der Waals surface area contributed by atoms with Crippen molar-refractivity contribution in [3.05, 3.63) is 72.8 Å². The Morgan fingerprint density at radius 1 is 1.00 bits per heavy atom. The van der Waals surface area contributed by atoms with Gasteiger partial charge in [0, 0.05) is 24.0 Å². The van der Waals surface area contributed by atoms with Crippen LogP contribution in [-0.4, -0.2) is 16.5 Å². The fourth-order valence-corrected chi connectivity index (χ4v) is 1.87. The third-order valence-corrected chi connectivity index (χ3v) is 3.20. The lowest BCUT2D eigenvalue weighted by Gasteiger charge is -2.10. The summed E-state index contributed by atoms with van der Waals surface area (Å²) in [6.07, 6.45) is 17.8. The number of rotatable bonds is 8. The van der Waals surface area contributed by atoms with Crippen molar-refractivity contribution in [2.75, 3.05) is 12.3 Å². The van der Waals surface area contributed by atoms with Crippen LogP contribution in [0.4, 0.5) is 5.95 Å². The zero-order valence-electron chi connectivity index (χ0n) is 22.0. The Morgan fingerprint density at radius 2 is 1.52 bits per heavy atom. The molecule has 0 unspecified atom stereocenters. The van der Waals surface area contributed by atoms with E-state index >= 15 is 0 Å². The van der Waals surface area contributed by atoms with Crippen LogP contribution in [0.5, 0.6) is 0 Å². The predicted octanol–water partition coefficient (Wildman–Crippen LogP) is 8.14. The number of nitrogens with one attached hydrogen (secondary N) is 1. The average molecular weight is 431 g/mol. The number of nitrogen functional groups attached to an aromatic ring is 1. The second-order valence-corrected chi connectivity index (χ2v) is 5.26. The van der Waals surface area contributed by atoms with Crippen molar-refractivity contribution in [2.45, 2.75) is 82.1 Å². The van der Waals surface area contributed by atoms with Crippen molar-refractivity contribution in [3.8, 4) is 0 Å². The van der Waals surface area contributed by atoms with Gasteiger partial charge in [0.15, 0.2) is 0 Å². The minimum atomic E-state index is 0.281. The van der Waals surface area contributed by atoms with Crippen molar-refractivity contribution in [1.82, 2.24) is 15.3 Å². The van der Waals surface area contributed by atoms with Gasteiger partial charge < -0.3 is 11.1 Å². The summed E-state index contributed by atoms with van der Waals surface area (Å²) in [6, 6.07) is 1.83. The number of nitrogens with zero attached hydrogens (tertiary/aromatic N) is 2. The molecule has 31 heavy (non-hydrogen) atoms. The predicted molar refractivity (Wildman–Crippen MR) is 145 cm³/mol. The Kier molecular flexibility index (Phi) is 37.0. The maximum Gasteiger partial charge on any atom is 0.220 e. The van der Waals surface area contributed by atoms with Gasteiger partial charge in [-0.3, -0.25) is 0 Å². The molecule has 1 heterocycles. The zero-order chi connectivity index (χ0) is 24.9. The molecule has 3 N–H and O–H groups in total. The van der Waals surface area contributed by atoms with Crippen molar-refractivity contribution < 1.29 is 0 Å². The van der Waals surface area contributed by atoms with Gasteiger partial charge in [-0.05, 0) is 33.3 Å². The van der Waals surface area contributed by atoms with Crippen molar-refractivity contribution in [3.63, 3.8) is 0 Å². The molecule has 0 aliphatic heterocycles. The number of unbranched alkanes of at least 4 members (excludes halogenated alkanes) is 1. The first-order valence-corrected chi connectivity index (χ1v) is 11.7.